The van der Waals surface area contributed by atoms with Gasteiger partial charge >= 0.3 is 0 Å². The van der Waals surface area contributed by atoms with Gasteiger partial charge in [-0.05, 0) is 33.7 Å². The smallest absolute Gasteiger partial charge is 0.215 e. The lowest BCUT2D eigenvalue weighted by atomic mass is 10.0. The molecule has 2 aliphatic rings. The zero-order chi connectivity index (χ0) is 13.4. The molecule has 0 unspecified atom stereocenters. The van der Waals surface area contributed by atoms with Crippen molar-refractivity contribution in [2.45, 2.75) is 38.3 Å². The molecule has 0 aromatic carbocycles. The number of hydrogen-bond acceptors (Lipinski definition) is 4. The van der Waals surface area contributed by atoms with Gasteiger partial charge in [0.1, 0.15) is 0 Å². The van der Waals surface area contributed by atoms with E-state index in [1.165, 1.54) is 12.8 Å². The maximum absolute atomic E-state index is 12.2. The van der Waals surface area contributed by atoms with Crippen LogP contribution < -0.4 is 5.32 Å². The summed E-state index contributed by atoms with van der Waals surface area (Å²) in [5, 5.41) is 3.27. The van der Waals surface area contributed by atoms with E-state index in [2.05, 4.69) is 31.1 Å². The molecular formula is C12H25N3O2S. The molecule has 0 spiro atoms. The number of rotatable bonds is 5. The predicted octanol–water partition coefficient (Wildman–Crippen LogP) is 0.0942. The highest BCUT2D eigenvalue weighted by Crippen LogP contribution is 2.21. The SMILES string of the molecule is CN1CCN(S(=O)(=O)CCNC2CC2)CC1(C)C. The number of sulfonamides is 1. The summed E-state index contributed by atoms with van der Waals surface area (Å²) in [6.07, 6.45) is 2.39. The number of nitrogens with zero attached hydrogens (tertiary/aromatic N) is 2. The van der Waals surface area contributed by atoms with Gasteiger partial charge in [-0.3, -0.25) is 4.90 Å². The van der Waals surface area contributed by atoms with Crippen molar-refractivity contribution in [3.8, 4) is 0 Å². The van der Waals surface area contributed by atoms with Crippen LogP contribution >= 0.6 is 0 Å². The van der Waals surface area contributed by atoms with Gasteiger partial charge in [-0.1, -0.05) is 0 Å². The molecule has 1 saturated carbocycles. The average molecular weight is 275 g/mol. The van der Waals surface area contributed by atoms with Gasteiger partial charge < -0.3 is 5.32 Å². The molecule has 1 aliphatic carbocycles. The largest absolute Gasteiger partial charge is 0.313 e. The summed E-state index contributed by atoms with van der Waals surface area (Å²) < 4.78 is 26.2. The van der Waals surface area contributed by atoms with Crippen LogP contribution in [0.3, 0.4) is 0 Å². The van der Waals surface area contributed by atoms with Gasteiger partial charge in [-0.25, -0.2) is 8.42 Å². The molecule has 0 aromatic heterocycles. The summed E-state index contributed by atoms with van der Waals surface area (Å²) in [7, 11) is -1.05. The average Bonchev–Trinajstić information content (AvgIpc) is 3.05. The highest BCUT2D eigenvalue weighted by Gasteiger charge is 2.36. The molecule has 0 amide bonds. The highest BCUT2D eigenvalue weighted by molar-refractivity contribution is 7.89. The minimum absolute atomic E-state index is 0.0742. The third-order valence-electron chi connectivity index (χ3n) is 4.05. The Balaban J connectivity index is 1.88. The second kappa shape index (κ2) is 5.07. The number of hydrogen-bond donors (Lipinski definition) is 1. The van der Waals surface area contributed by atoms with Crippen LogP contribution in [-0.4, -0.2) is 68.2 Å². The van der Waals surface area contributed by atoms with E-state index in [0.29, 0.717) is 25.7 Å². The molecule has 0 aromatic rings. The summed E-state index contributed by atoms with van der Waals surface area (Å²) >= 11 is 0. The Bertz CT molecular complexity index is 390. The zero-order valence-corrected chi connectivity index (χ0v) is 12.5. The van der Waals surface area contributed by atoms with Crippen LogP contribution in [0.2, 0.25) is 0 Å². The molecule has 1 heterocycles. The second-order valence-corrected chi connectivity index (χ2v) is 8.20. The molecule has 6 heteroatoms. The highest BCUT2D eigenvalue weighted by atomic mass is 32.2. The molecule has 106 valence electrons. The molecule has 0 atom stereocenters. The third-order valence-corrected chi connectivity index (χ3v) is 5.86. The van der Waals surface area contributed by atoms with Crippen LogP contribution in [0, 0.1) is 0 Å². The number of piperazine rings is 1. The third kappa shape index (κ3) is 3.44. The molecule has 5 nitrogen and oxygen atoms in total. The lowest BCUT2D eigenvalue weighted by Gasteiger charge is -2.44. The van der Waals surface area contributed by atoms with Crippen LogP contribution in [0.4, 0.5) is 0 Å². The Labute approximate surface area is 111 Å². The van der Waals surface area contributed by atoms with Crippen molar-refractivity contribution in [1.82, 2.24) is 14.5 Å². The molecule has 2 fully saturated rings. The number of likely N-dealkylation sites (N-methyl/N-ethyl adjacent to an activating group) is 1. The van der Waals surface area contributed by atoms with Crippen molar-refractivity contribution in [2.24, 2.45) is 0 Å². The van der Waals surface area contributed by atoms with E-state index in [9.17, 15) is 8.42 Å². The first-order valence-corrected chi connectivity index (χ1v) is 8.35. The van der Waals surface area contributed by atoms with E-state index in [0.717, 1.165) is 6.54 Å². The van der Waals surface area contributed by atoms with Crippen LogP contribution in [-0.2, 0) is 10.0 Å². The first kappa shape index (κ1) is 14.2. The Morgan fingerprint density at radius 1 is 1.28 bits per heavy atom. The molecule has 2 rings (SSSR count). The van der Waals surface area contributed by atoms with E-state index in [-0.39, 0.29) is 11.3 Å². The van der Waals surface area contributed by atoms with E-state index >= 15 is 0 Å². The molecule has 18 heavy (non-hydrogen) atoms. The normalized spacial score (nSPS) is 26.4. The first-order valence-electron chi connectivity index (χ1n) is 6.74. The monoisotopic (exact) mass is 275 g/mol. The second-order valence-electron chi connectivity index (χ2n) is 6.11. The fourth-order valence-electron chi connectivity index (χ4n) is 2.24. The van der Waals surface area contributed by atoms with Crippen molar-refractivity contribution in [3.05, 3.63) is 0 Å². The van der Waals surface area contributed by atoms with Gasteiger partial charge in [0, 0.05) is 37.8 Å². The predicted molar refractivity (Wildman–Crippen MR) is 73.1 cm³/mol. The fraction of sp³-hybridized carbons (Fsp3) is 1.00. The van der Waals surface area contributed by atoms with Crippen LogP contribution in [0.1, 0.15) is 26.7 Å². The van der Waals surface area contributed by atoms with Gasteiger partial charge in [0.15, 0.2) is 0 Å². The fourth-order valence-corrected chi connectivity index (χ4v) is 3.75. The van der Waals surface area contributed by atoms with Crippen LogP contribution in [0.25, 0.3) is 0 Å². The van der Waals surface area contributed by atoms with E-state index in [4.69, 9.17) is 0 Å². The standard InChI is InChI=1S/C12H25N3O2S/c1-12(2)10-15(8-7-14(12)3)18(16,17)9-6-13-11-4-5-11/h11,13H,4-10H2,1-3H3. The van der Waals surface area contributed by atoms with E-state index in [1.807, 2.05) is 0 Å². The van der Waals surface area contributed by atoms with Crippen LogP contribution in [0.5, 0.6) is 0 Å². The van der Waals surface area contributed by atoms with Gasteiger partial charge in [-0.2, -0.15) is 4.31 Å². The van der Waals surface area contributed by atoms with Gasteiger partial charge in [0.25, 0.3) is 0 Å². The molecule has 1 saturated heterocycles. The number of nitrogens with one attached hydrogen (secondary N) is 1. The van der Waals surface area contributed by atoms with Crippen molar-refractivity contribution < 1.29 is 8.42 Å². The maximum atomic E-state index is 12.2. The molecule has 0 bridgehead atoms. The Morgan fingerprint density at radius 2 is 1.94 bits per heavy atom. The van der Waals surface area contributed by atoms with E-state index < -0.39 is 10.0 Å². The van der Waals surface area contributed by atoms with E-state index in [1.54, 1.807) is 4.31 Å². The summed E-state index contributed by atoms with van der Waals surface area (Å²) in [4.78, 5) is 2.22. The topological polar surface area (TPSA) is 52.7 Å². The van der Waals surface area contributed by atoms with Crippen LogP contribution in [0.15, 0.2) is 0 Å². The quantitative estimate of drug-likeness (QED) is 0.773. The first-order chi connectivity index (χ1) is 8.31. The van der Waals surface area contributed by atoms with Crippen molar-refractivity contribution in [3.63, 3.8) is 0 Å². The minimum atomic E-state index is -3.10. The minimum Gasteiger partial charge on any atom is -0.313 e. The molecule has 1 N–H and O–H groups in total. The lowest BCUT2D eigenvalue weighted by molar-refractivity contribution is 0.0802. The summed E-state index contributed by atoms with van der Waals surface area (Å²) in [5.74, 6) is 0.225. The Morgan fingerprint density at radius 3 is 2.50 bits per heavy atom. The lowest BCUT2D eigenvalue weighted by Crippen LogP contribution is -2.59. The molecule has 0 radical (unpaired) electrons. The molecule has 1 aliphatic heterocycles. The maximum Gasteiger partial charge on any atom is 0.215 e. The summed E-state index contributed by atoms with van der Waals surface area (Å²) in [6, 6.07) is 0.573. The van der Waals surface area contributed by atoms with Crippen molar-refractivity contribution >= 4 is 10.0 Å². The Hall–Kier alpha value is -0.170. The van der Waals surface area contributed by atoms with Gasteiger partial charge in [0.05, 0.1) is 5.75 Å². The molecular weight excluding hydrogens is 250 g/mol. The Kier molecular flexibility index (Phi) is 4.02. The van der Waals surface area contributed by atoms with Gasteiger partial charge in [-0.15, -0.1) is 0 Å². The van der Waals surface area contributed by atoms with Crippen molar-refractivity contribution in [2.75, 3.05) is 39.0 Å². The summed E-state index contributed by atoms with van der Waals surface area (Å²) in [6.45, 7) is 6.79. The van der Waals surface area contributed by atoms with Crippen molar-refractivity contribution in [1.29, 1.82) is 0 Å². The van der Waals surface area contributed by atoms with Gasteiger partial charge in [0.2, 0.25) is 10.0 Å². The zero-order valence-electron chi connectivity index (χ0n) is 11.6. The summed E-state index contributed by atoms with van der Waals surface area (Å²) in [5.41, 5.74) is -0.0742.